The van der Waals surface area contributed by atoms with Crippen LogP contribution in [0.3, 0.4) is 0 Å². The molecule has 0 fully saturated rings. The Morgan fingerprint density at radius 2 is 2.33 bits per heavy atom. The van der Waals surface area contributed by atoms with Gasteiger partial charge in [0.1, 0.15) is 23.7 Å². The number of nitriles is 1. The van der Waals surface area contributed by atoms with Gasteiger partial charge in [-0.2, -0.15) is 5.26 Å². The van der Waals surface area contributed by atoms with Crippen molar-refractivity contribution in [3.63, 3.8) is 0 Å². The summed E-state index contributed by atoms with van der Waals surface area (Å²) in [5.74, 6) is 0. The lowest BCUT2D eigenvalue weighted by Gasteiger charge is -2.02. The summed E-state index contributed by atoms with van der Waals surface area (Å²) in [6, 6.07) is 7.19. The molecule has 0 saturated heterocycles. The summed E-state index contributed by atoms with van der Waals surface area (Å²) in [6.07, 6.45) is 3.13. The average molecular weight is 200 g/mol. The lowest BCUT2D eigenvalue weighted by Crippen LogP contribution is -1.99. The third kappa shape index (κ3) is 2.31. The Hall–Kier alpha value is -2.35. The van der Waals surface area contributed by atoms with Crippen molar-refractivity contribution in [2.24, 2.45) is 0 Å². The van der Waals surface area contributed by atoms with Gasteiger partial charge < -0.3 is 9.84 Å². The van der Waals surface area contributed by atoms with Crippen molar-refractivity contribution in [2.75, 3.05) is 5.32 Å². The van der Waals surface area contributed by atoms with Crippen LogP contribution in [0, 0.1) is 11.3 Å². The maximum Gasteiger partial charge on any atom is 0.140 e. The standard InChI is InChI=1S/C10H8N4O/c11-5-8-1-2-9(6-12-8)13-7-10-3-4-15-14-10/h1-4,6,13H,7H2. The first-order valence-electron chi connectivity index (χ1n) is 4.38. The van der Waals surface area contributed by atoms with Crippen molar-refractivity contribution in [1.82, 2.24) is 10.1 Å². The molecule has 2 aromatic rings. The molecule has 0 amide bonds. The average Bonchev–Trinajstić information content (AvgIpc) is 2.80. The third-order valence-corrected chi connectivity index (χ3v) is 1.84. The van der Waals surface area contributed by atoms with Gasteiger partial charge >= 0.3 is 0 Å². The third-order valence-electron chi connectivity index (χ3n) is 1.84. The first-order valence-corrected chi connectivity index (χ1v) is 4.38. The highest BCUT2D eigenvalue weighted by molar-refractivity contribution is 5.42. The van der Waals surface area contributed by atoms with Gasteiger partial charge in [0.05, 0.1) is 18.4 Å². The van der Waals surface area contributed by atoms with E-state index in [-0.39, 0.29) is 0 Å². The fourth-order valence-corrected chi connectivity index (χ4v) is 1.09. The van der Waals surface area contributed by atoms with Crippen LogP contribution in [0.2, 0.25) is 0 Å². The van der Waals surface area contributed by atoms with Crippen LogP contribution in [0.5, 0.6) is 0 Å². The number of nitrogens with zero attached hydrogens (tertiary/aromatic N) is 3. The van der Waals surface area contributed by atoms with Gasteiger partial charge in [-0.05, 0) is 12.1 Å². The molecule has 74 valence electrons. The van der Waals surface area contributed by atoms with Gasteiger partial charge in [-0.3, -0.25) is 0 Å². The second-order valence-electron chi connectivity index (χ2n) is 2.89. The van der Waals surface area contributed by atoms with Crippen LogP contribution in [-0.4, -0.2) is 10.1 Å². The number of hydrogen-bond acceptors (Lipinski definition) is 5. The molecule has 5 heteroatoms. The Kier molecular flexibility index (Phi) is 2.61. The summed E-state index contributed by atoms with van der Waals surface area (Å²) in [7, 11) is 0. The van der Waals surface area contributed by atoms with E-state index >= 15 is 0 Å². The summed E-state index contributed by atoms with van der Waals surface area (Å²) < 4.78 is 4.69. The Labute approximate surface area is 86.3 Å². The summed E-state index contributed by atoms with van der Waals surface area (Å²) in [4.78, 5) is 3.93. The Morgan fingerprint density at radius 1 is 1.40 bits per heavy atom. The molecule has 0 aliphatic carbocycles. The van der Waals surface area contributed by atoms with E-state index in [2.05, 4.69) is 15.5 Å². The molecule has 15 heavy (non-hydrogen) atoms. The molecule has 0 saturated carbocycles. The minimum Gasteiger partial charge on any atom is -0.378 e. The van der Waals surface area contributed by atoms with Crippen LogP contribution in [0.15, 0.2) is 35.2 Å². The molecule has 0 spiro atoms. The highest BCUT2D eigenvalue weighted by Crippen LogP contribution is 2.07. The van der Waals surface area contributed by atoms with E-state index in [9.17, 15) is 0 Å². The number of hydrogen-bond donors (Lipinski definition) is 1. The SMILES string of the molecule is N#Cc1ccc(NCc2ccon2)cn1. The van der Waals surface area contributed by atoms with Gasteiger partial charge in [0.15, 0.2) is 0 Å². The molecule has 0 aliphatic rings. The van der Waals surface area contributed by atoms with Crippen LogP contribution in [0.1, 0.15) is 11.4 Å². The number of rotatable bonds is 3. The van der Waals surface area contributed by atoms with Crippen molar-refractivity contribution >= 4 is 5.69 Å². The lowest BCUT2D eigenvalue weighted by molar-refractivity contribution is 0.412. The monoisotopic (exact) mass is 200 g/mol. The molecule has 0 aromatic carbocycles. The predicted molar refractivity (Wildman–Crippen MR) is 52.8 cm³/mol. The molecule has 1 N–H and O–H groups in total. The Balaban J connectivity index is 1.97. The molecule has 2 aromatic heterocycles. The number of nitrogens with one attached hydrogen (secondary N) is 1. The van der Waals surface area contributed by atoms with E-state index in [1.165, 1.54) is 6.26 Å². The van der Waals surface area contributed by atoms with Gasteiger partial charge in [0.25, 0.3) is 0 Å². The second kappa shape index (κ2) is 4.24. The lowest BCUT2D eigenvalue weighted by atomic mass is 10.3. The van der Waals surface area contributed by atoms with Crippen LogP contribution in [0.4, 0.5) is 5.69 Å². The molecular weight excluding hydrogens is 192 g/mol. The zero-order valence-corrected chi connectivity index (χ0v) is 7.84. The molecule has 0 unspecified atom stereocenters. The van der Waals surface area contributed by atoms with Crippen LogP contribution in [-0.2, 0) is 6.54 Å². The van der Waals surface area contributed by atoms with Gasteiger partial charge in [0.2, 0.25) is 0 Å². The van der Waals surface area contributed by atoms with Crippen molar-refractivity contribution in [3.05, 3.63) is 42.0 Å². The Morgan fingerprint density at radius 3 is 2.93 bits per heavy atom. The fraction of sp³-hybridized carbons (Fsp3) is 0.100. The predicted octanol–water partition coefficient (Wildman–Crippen LogP) is 1.55. The minimum atomic E-state index is 0.405. The summed E-state index contributed by atoms with van der Waals surface area (Å²) in [6.45, 7) is 0.573. The topological polar surface area (TPSA) is 74.7 Å². The molecule has 2 heterocycles. The molecule has 0 aliphatic heterocycles. The Bertz CT molecular complexity index is 455. The smallest absolute Gasteiger partial charge is 0.140 e. The number of anilines is 1. The van der Waals surface area contributed by atoms with E-state index in [0.29, 0.717) is 12.2 Å². The van der Waals surface area contributed by atoms with Crippen molar-refractivity contribution in [2.45, 2.75) is 6.54 Å². The maximum absolute atomic E-state index is 8.55. The number of aromatic nitrogens is 2. The normalized spacial score (nSPS) is 9.53. The molecule has 0 radical (unpaired) electrons. The minimum absolute atomic E-state index is 0.405. The van der Waals surface area contributed by atoms with E-state index in [1.807, 2.05) is 6.07 Å². The van der Waals surface area contributed by atoms with Crippen molar-refractivity contribution in [1.29, 1.82) is 5.26 Å². The van der Waals surface area contributed by atoms with E-state index in [1.54, 1.807) is 24.4 Å². The van der Waals surface area contributed by atoms with Gasteiger partial charge in [-0.25, -0.2) is 4.98 Å². The zero-order chi connectivity index (χ0) is 10.5. The molecule has 5 nitrogen and oxygen atoms in total. The molecule has 0 bridgehead atoms. The molecular formula is C10H8N4O. The van der Waals surface area contributed by atoms with Crippen LogP contribution < -0.4 is 5.32 Å². The van der Waals surface area contributed by atoms with Gasteiger partial charge in [0, 0.05) is 6.07 Å². The van der Waals surface area contributed by atoms with Gasteiger partial charge in [-0.15, -0.1) is 0 Å². The van der Waals surface area contributed by atoms with E-state index in [4.69, 9.17) is 9.78 Å². The second-order valence-corrected chi connectivity index (χ2v) is 2.89. The number of pyridine rings is 1. The van der Waals surface area contributed by atoms with Crippen LogP contribution >= 0.6 is 0 Å². The van der Waals surface area contributed by atoms with E-state index in [0.717, 1.165) is 11.4 Å². The summed E-state index contributed by atoms with van der Waals surface area (Å²) in [5, 5.41) is 15.4. The highest BCUT2D eigenvalue weighted by atomic mass is 16.5. The maximum atomic E-state index is 8.55. The van der Waals surface area contributed by atoms with Crippen molar-refractivity contribution in [3.8, 4) is 6.07 Å². The van der Waals surface area contributed by atoms with Crippen molar-refractivity contribution < 1.29 is 4.52 Å². The zero-order valence-electron chi connectivity index (χ0n) is 7.84. The first kappa shape index (κ1) is 9.21. The highest BCUT2D eigenvalue weighted by Gasteiger charge is 1.97. The molecule has 0 atom stereocenters. The van der Waals surface area contributed by atoms with Crippen LogP contribution in [0.25, 0.3) is 0 Å². The fourth-order valence-electron chi connectivity index (χ4n) is 1.09. The summed E-state index contributed by atoms with van der Waals surface area (Å²) >= 11 is 0. The largest absolute Gasteiger partial charge is 0.378 e. The summed E-state index contributed by atoms with van der Waals surface area (Å²) in [5.41, 5.74) is 2.07. The quantitative estimate of drug-likeness (QED) is 0.813. The first-order chi connectivity index (χ1) is 7.38. The molecule has 2 rings (SSSR count). The van der Waals surface area contributed by atoms with E-state index < -0.39 is 0 Å². The van der Waals surface area contributed by atoms with Gasteiger partial charge in [-0.1, -0.05) is 5.16 Å².